The first-order valence-electron chi connectivity index (χ1n) is 3.95. The van der Waals surface area contributed by atoms with Crippen LogP contribution in [0.15, 0.2) is 0 Å². The van der Waals surface area contributed by atoms with Gasteiger partial charge in [0.05, 0.1) is 6.10 Å². The van der Waals surface area contributed by atoms with Crippen LogP contribution in [0.5, 0.6) is 0 Å². The Morgan fingerprint density at radius 3 is 2.14 bits per heavy atom. The van der Waals surface area contributed by atoms with Crippen LogP contribution in [0.25, 0.3) is 0 Å². The summed E-state index contributed by atoms with van der Waals surface area (Å²) in [4.78, 5) is 0. The fourth-order valence-corrected chi connectivity index (χ4v) is 3.76. The molecule has 0 aliphatic rings. The Hall–Kier alpha value is -0.180. The molecule has 0 amide bonds. The van der Waals surface area contributed by atoms with E-state index in [1.54, 1.807) is 0 Å². The van der Waals surface area contributed by atoms with Crippen molar-refractivity contribution in [2.45, 2.75) is 19.4 Å². The highest BCUT2D eigenvalue weighted by Crippen LogP contribution is 1.93. The molecule has 0 saturated heterocycles. The minimum atomic E-state index is -3.78. The van der Waals surface area contributed by atoms with Gasteiger partial charge in [0.2, 0.25) is 10.0 Å². The molecular formula is C6H15NO5S2. The van der Waals surface area contributed by atoms with Crippen LogP contribution in [0.4, 0.5) is 0 Å². The average Bonchev–Trinajstić information content (AvgIpc) is 1.78. The average molecular weight is 245 g/mol. The molecule has 6 nitrogen and oxygen atoms in total. The zero-order chi connectivity index (χ0) is 11.4. The molecule has 14 heavy (non-hydrogen) atoms. The van der Waals surface area contributed by atoms with E-state index in [4.69, 9.17) is 5.11 Å². The summed E-state index contributed by atoms with van der Waals surface area (Å²) in [5.41, 5.74) is 0. The van der Waals surface area contributed by atoms with E-state index in [1.807, 2.05) is 0 Å². The number of nitrogens with one attached hydrogen (secondary N) is 1. The molecule has 0 aromatic heterocycles. The van der Waals surface area contributed by atoms with E-state index in [0.717, 1.165) is 6.26 Å². The maximum absolute atomic E-state index is 11.1. The molecule has 86 valence electrons. The lowest BCUT2D eigenvalue weighted by Gasteiger charge is -2.06. The number of aliphatic hydroxyl groups excluding tert-OH is 1. The highest BCUT2D eigenvalue weighted by Gasteiger charge is 2.17. The summed E-state index contributed by atoms with van der Waals surface area (Å²) in [5.74, 6) is 0. The van der Waals surface area contributed by atoms with E-state index in [9.17, 15) is 16.8 Å². The third kappa shape index (κ3) is 8.42. The normalized spacial score (nSPS) is 15.4. The molecule has 0 radical (unpaired) electrons. The van der Waals surface area contributed by atoms with E-state index >= 15 is 0 Å². The number of rotatable bonds is 6. The van der Waals surface area contributed by atoms with Crippen LogP contribution in [0.3, 0.4) is 0 Å². The van der Waals surface area contributed by atoms with Gasteiger partial charge in [-0.05, 0) is 13.3 Å². The van der Waals surface area contributed by atoms with Crippen LogP contribution in [-0.4, -0.2) is 45.9 Å². The van der Waals surface area contributed by atoms with Crippen LogP contribution in [0.1, 0.15) is 13.3 Å². The van der Waals surface area contributed by atoms with Crippen LogP contribution in [0.2, 0.25) is 0 Å². The number of hydrogen-bond acceptors (Lipinski definition) is 5. The molecule has 0 spiro atoms. The Morgan fingerprint density at radius 1 is 1.29 bits per heavy atom. The van der Waals surface area contributed by atoms with Crippen molar-refractivity contribution in [2.24, 2.45) is 0 Å². The molecule has 1 unspecified atom stereocenters. The molecule has 0 aliphatic carbocycles. The Kier molecular flexibility index (Phi) is 4.99. The molecule has 0 heterocycles. The summed E-state index contributed by atoms with van der Waals surface area (Å²) in [5, 5.41) is 7.91. The van der Waals surface area contributed by atoms with E-state index in [2.05, 4.69) is 4.72 Å². The summed E-state index contributed by atoms with van der Waals surface area (Å²) in [6, 6.07) is 0. The van der Waals surface area contributed by atoms with Gasteiger partial charge in [0.25, 0.3) is 0 Å². The number of aliphatic hydroxyl groups is 1. The van der Waals surface area contributed by atoms with Crippen molar-refractivity contribution in [1.29, 1.82) is 0 Å². The number of sulfonamides is 1. The molecule has 0 aromatic carbocycles. The third-order valence-electron chi connectivity index (χ3n) is 1.25. The zero-order valence-corrected chi connectivity index (χ0v) is 9.73. The topological polar surface area (TPSA) is 101 Å². The van der Waals surface area contributed by atoms with Crippen LogP contribution in [-0.2, 0) is 19.9 Å². The predicted octanol–water partition coefficient (Wildman–Crippen LogP) is -1.32. The lowest BCUT2D eigenvalue weighted by Crippen LogP contribution is -2.31. The summed E-state index contributed by atoms with van der Waals surface area (Å²) in [6.45, 7) is 1.56. The first-order chi connectivity index (χ1) is 6.12. The SMILES string of the molecule is CC(O)CCNS(=O)(=O)CS(C)(=O)=O. The van der Waals surface area contributed by atoms with Gasteiger partial charge in [-0.15, -0.1) is 0 Å². The van der Waals surface area contributed by atoms with Gasteiger partial charge in [-0.2, -0.15) is 0 Å². The number of hydrogen-bond donors (Lipinski definition) is 2. The van der Waals surface area contributed by atoms with Gasteiger partial charge < -0.3 is 5.11 Å². The predicted molar refractivity (Wildman–Crippen MR) is 52.9 cm³/mol. The van der Waals surface area contributed by atoms with Crippen molar-refractivity contribution in [1.82, 2.24) is 4.72 Å². The van der Waals surface area contributed by atoms with E-state index in [-0.39, 0.29) is 13.0 Å². The van der Waals surface area contributed by atoms with Gasteiger partial charge in [-0.1, -0.05) is 0 Å². The monoisotopic (exact) mass is 245 g/mol. The second kappa shape index (κ2) is 5.06. The highest BCUT2D eigenvalue weighted by molar-refractivity contribution is 8.06. The summed E-state index contributed by atoms with van der Waals surface area (Å²) in [6.07, 6.45) is 0.486. The van der Waals surface area contributed by atoms with Gasteiger partial charge in [-0.25, -0.2) is 21.6 Å². The Balaban J connectivity index is 4.11. The van der Waals surface area contributed by atoms with Crippen molar-refractivity contribution in [3.8, 4) is 0 Å². The second-order valence-electron chi connectivity index (χ2n) is 3.19. The first kappa shape index (κ1) is 13.8. The summed E-state index contributed by atoms with van der Waals surface area (Å²) >= 11 is 0. The maximum Gasteiger partial charge on any atom is 0.226 e. The van der Waals surface area contributed by atoms with Crippen LogP contribution >= 0.6 is 0 Å². The van der Waals surface area contributed by atoms with E-state index < -0.39 is 31.0 Å². The molecule has 2 N–H and O–H groups in total. The van der Waals surface area contributed by atoms with Crippen molar-refractivity contribution < 1.29 is 21.9 Å². The van der Waals surface area contributed by atoms with Crippen LogP contribution < -0.4 is 4.72 Å². The van der Waals surface area contributed by atoms with Gasteiger partial charge in [0.1, 0.15) is 0 Å². The number of sulfone groups is 1. The molecule has 8 heteroatoms. The smallest absolute Gasteiger partial charge is 0.226 e. The van der Waals surface area contributed by atoms with Gasteiger partial charge in [0.15, 0.2) is 14.9 Å². The minimum absolute atomic E-state index is 0.0372. The largest absolute Gasteiger partial charge is 0.393 e. The van der Waals surface area contributed by atoms with E-state index in [0.29, 0.717) is 0 Å². The molecule has 0 aliphatic heterocycles. The molecule has 1 atom stereocenters. The van der Waals surface area contributed by atoms with Crippen LogP contribution in [0, 0.1) is 0 Å². The van der Waals surface area contributed by atoms with E-state index in [1.165, 1.54) is 6.92 Å². The van der Waals surface area contributed by atoms with Gasteiger partial charge >= 0.3 is 0 Å². The van der Waals surface area contributed by atoms with Gasteiger partial charge in [0, 0.05) is 12.8 Å². The second-order valence-corrected chi connectivity index (χ2v) is 7.50. The quantitative estimate of drug-likeness (QED) is 0.604. The lowest BCUT2D eigenvalue weighted by molar-refractivity contribution is 0.186. The standard InChI is InChI=1S/C6H15NO5S2/c1-6(8)3-4-7-14(11,12)5-13(2,9)10/h6-8H,3-5H2,1-2H3. The Bertz CT molecular complexity index is 356. The molecule has 0 rings (SSSR count). The summed E-state index contributed by atoms with van der Waals surface area (Å²) < 4.78 is 45.5. The molecule has 0 bridgehead atoms. The molecule has 0 aromatic rings. The molecule has 0 fully saturated rings. The van der Waals surface area contributed by atoms with Crippen molar-refractivity contribution in [3.05, 3.63) is 0 Å². The Labute approximate surface area is 84.3 Å². The third-order valence-corrected chi connectivity index (χ3v) is 4.85. The maximum atomic E-state index is 11.1. The highest BCUT2D eigenvalue weighted by atomic mass is 32.3. The lowest BCUT2D eigenvalue weighted by atomic mass is 10.3. The minimum Gasteiger partial charge on any atom is -0.393 e. The van der Waals surface area contributed by atoms with Crippen molar-refractivity contribution in [2.75, 3.05) is 17.9 Å². The fraction of sp³-hybridized carbons (Fsp3) is 1.00. The fourth-order valence-electron chi connectivity index (χ4n) is 0.747. The zero-order valence-electron chi connectivity index (χ0n) is 8.10. The molecular weight excluding hydrogens is 230 g/mol. The van der Waals surface area contributed by atoms with Crippen molar-refractivity contribution in [3.63, 3.8) is 0 Å². The van der Waals surface area contributed by atoms with Crippen molar-refractivity contribution >= 4 is 19.9 Å². The van der Waals surface area contributed by atoms with Gasteiger partial charge in [-0.3, -0.25) is 0 Å². The molecule has 0 saturated carbocycles. The Morgan fingerprint density at radius 2 is 1.79 bits per heavy atom. The summed E-state index contributed by atoms with van der Waals surface area (Å²) in [7, 11) is -7.33. The first-order valence-corrected chi connectivity index (χ1v) is 7.67.